The molecule has 1 heterocycles. The van der Waals surface area contributed by atoms with Crippen LogP contribution in [0, 0.1) is 0 Å². The Morgan fingerprint density at radius 3 is 1.50 bits per heavy atom. The molecule has 16 heavy (non-hydrogen) atoms. The first-order chi connectivity index (χ1) is 7.51. The topological polar surface area (TPSA) is 13.0 Å². The quantitative estimate of drug-likeness (QED) is 0.588. The Morgan fingerprint density at radius 2 is 1.12 bits per heavy atom. The van der Waals surface area contributed by atoms with Gasteiger partial charge in [-0.25, -0.2) is 0 Å². The molecule has 1 aliphatic heterocycles. The SMILES string of the molecule is C[B]C1CN(C)CN(C)CN(C)CN(C)C1. The van der Waals surface area contributed by atoms with E-state index in [1.165, 1.54) is 0 Å². The third-order valence-corrected chi connectivity index (χ3v) is 3.01. The molecule has 0 atom stereocenters. The molecule has 0 N–H and O–H groups in total. The van der Waals surface area contributed by atoms with Gasteiger partial charge in [0.25, 0.3) is 0 Å². The molecule has 1 radical (unpaired) electrons. The van der Waals surface area contributed by atoms with E-state index in [-0.39, 0.29) is 0 Å². The molecule has 0 spiro atoms. The van der Waals surface area contributed by atoms with Gasteiger partial charge < -0.3 is 0 Å². The Balaban J connectivity index is 2.59. The van der Waals surface area contributed by atoms with Gasteiger partial charge in [0.05, 0.1) is 20.0 Å². The standard InChI is InChI=1S/C11H26BN4/c1-12-11-6-13(2)8-15(4)10-16(5)9-14(3)7-11/h11H,6-10H2,1-5H3. The molecule has 1 saturated heterocycles. The molecular formula is C11H26BN4. The Labute approximate surface area is 101 Å². The van der Waals surface area contributed by atoms with E-state index in [1.54, 1.807) is 0 Å². The van der Waals surface area contributed by atoms with Crippen molar-refractivity contribution >= 4 is 7.28 Å². The van der Waals surface area contributed by atoms with Gasteiger partial charge in [-0.1, -0.05) is 6.82 Å². The molecule has 0 bridgehead atoms. The molecule has 0 saturated carbocycles. The number of nitrogens with zero attached hydrogens (tertiary/aromatic N) is 4. The van der Waals surface area contributed by atoms with E-state index in [0.29, 0.717) is 5.82 Å². The first kappa shape index (κ1) is 14.0. The summed E-state index contributed by atoms with van der Waals surface area (Å²) >= 11 is 0. The van der Waals surface area contributed by atoms with E-state index in [0.717, 1.165) is 33.1 Å². The average Bonchev–Trinajstić information content (AvgIpc) is 2.14. The van der Waals surface area contributed by atoms with Crippen LogP contribution in [-0.4, -0.2) is 88.2 Å². The van der Waals surface area contributed by atoms with Crippen LogP contribution in [0.5, 0.6) is 0 Å². The van der Waals surface area contributed by atoms with Crippen molar-refractivity contribution in [2.75, 3.05) is 61.3 Å². The number of hydrogen-bond acceptors (Lipinski definition) is 4. The predicted molar refractivity (Wildman–Crippen MR) is 70.8 cm³/mol. The smallest absolute Gasteiger partial charge is 0.113 e. The normalized spacial score (nSPS) is 25.8. The fraction of sp³-hybridized carbons (Fsp3) is 1.00. The van der Waals surface area contributed by atoms with Crippen molar-refractivity contribution in [3.05, 3.63) is 0 Å². The molecule has 0 aliphatic carbocycles. The summed E-state index contributed by atoms with van der Waals surface area (Å²) in [5.41, 5.74) is 0. The monoisotopic (exact) mass is 225 g/mol. The van der Waals surface area contributed by atoms with E-state index in [1.807, 2.05) is 0 Å². The Morgan fingerprint density at radius 1 is 0.750 bits per heavy atom. The summed E-state index contributed by atoms with van der Waals surface area (Å²) in [6.45, 7) is 7.57. The van der Waals surface area contributed by atoms with Crippen LogP contribution in [0.1, 0.15) is 0 Å². The minimum atomic E-state index is 0.662. The van der Waals surface area contributed by atoms with Crippen molar-refractivity contribution < 1.29 is 0 Å². The molecule has 93 valence electrons. The van der Waals surface area contributed by atoms with Crippen LogP contribution in [0.15, 0.2) is 0 Å². The van der Waals surface area contributed by atoms with Gasteiger partial charge in [-0.2, -0.15) is 0 Å². The van der Waals surface area contributed by atoms with E-state index >= 15 is 0 Å². The molecule has 1 aliphatic rings. The molecule has 0 amide bonds. The molecule has 0 aromatic carbocycles. The summed E-state index contributed by atoms with van der Waals surface area (Å²) in [5, 5.41) is 0. The van der Waals surface area contributed by atoms with Crippen LogP contribution in [0.4, 0.5) is 0 Å². The van der Waals surface area contributed by atoms with Crippen molar-refractivity contribution in [2.45, 2.75) is 12.6 Å². The number of hydrogen-bond donors (Lipinski definition) is 0. The van der Waals surface area contributed by atoms with Crippen LogP contribution < -0.4 is 0 Å². The van der Waals surface area contributed by atoms with Crippen molar-refractivity contribution in [1.82, 2.24) is 19.6 Å². The lowest BCUT2D eigenvalue weighted by Gasteiger charge is -2.36. The summed E-state index contributed by atoms with van der Waals surface area (Å²) in [6.07, 6.45) is 0. The highest BCUT2D eigenvalue weighted by molar-refractivity contribution is 6.35. The van der Waals surface area contributed by atoms with Crippen LogP contribution in [-0.2, 0) is 0 Å². The predicted octanol–water partition coefficient (Wildman–Crippen LogP) is 0.141. The Kier molecular flexibility index (Phi) is 5.76. The maximum Gasteiger partial charge on any atom is 0.113 e. The molecule has 0 aromatic heterocycles. The second-order valence-corrected chi connectivity index (χ2v) is 5.31. The molecule has 5 heteroatoms. The van der Waals surface area contributed by atoms with E-state index in [4.69, 9.17) is 0 Å². The Bertz CT molecular complexity index is 184. The van der Waals surface area contributed by atoms with E-state index < -0.39 is 0 Å². The second kappa shape index (κ2) is 6.59. The third-order valence-electron chi connectivity index (χ3n) is 3.01. The van der Waals surface area contributed by atoms with Crippen LogP contribution in [0.2, 0.25) is 12.6 Å². The van der Waals surface area contributed by atoms with Gasteiger partial charge in [0, 0.05) is 0 Å². The van der Waals surface area contributed by atoms with Gasteiger partial charge in [0.15, 0.2) is 0 Å². The van der Waals surface area contributed by atoms with Crippen molar-refractivity contribution in [3.8, 4) is 0 Å². The summed E-state index contributed by atoms with van der Waals surface area (Å²) < 4.78 is 0. The van der Waals surface area contributed by atoms with Gasteiger partial charge in [0.2, 0.25) is 0 Å². The largest absolute Gasteiger partial charge is 0.294 e. The van der Waals surface area contributed by atoms with Gasteiger partial charge in [-0.15, -0.1) is 0 Å². The number of rotatable bonds is 1. The zero-order valence-electron chi connectivity index (χ0n) is 11.5. The third kappa shape index (κ3) is 4.83. The maximum atomic E-state index is 2.40. The fourth-order valence-electron chi connectivity index (χ4n) is 2.51. The van der Waals surface area contributed by atoms with Crippen LogP contribution in [0.25, 0.3) is 0 Å². The molecule has 0 aromatic rings. The summed E-state index contributed by atoms with van der Waals surface area (Å²) in [7, 11) is 11.1. The molecular weight excluding hydrogens is 199 g/mol. The lowest BCUT2D eigenvalue weighted by Crippen LogP contribution is -2.47. The maximum absolute atomic E-state index is 2.40. The van der Waals surface area contributed by atoms with Crippen LogP contribution in [0.3, 0.4) is 0 Å². The van der Waals surface area contributed by atoms with Crippen molar-refractivity contribution in [3.63, 3.8) is 0 Å². The highest BCUT2D eigenvalue weighted by Crippen LogP contribution is 2.09. The second-order valence-electron chi connectivity index (χ2n) is 5.31. The van der Waals surface area contributed by atoms with Gasteiger partial charge in [-0.05, 0) is 47.1 Å². The minimum absolute atomic E-state index is 0.662. The van der Waals surface area contributed by atoms with Gasteiger partial charge >= 0.3 is 0 Å². The Hall–Kier alpha value is -0.0951. The highest BCUT2D eigenvalue weighted by Gasteiger charge is 2.17. The zero-order valence-corrected chi connectivity index (χ0v) is 11.5. The molecule has 1 fully saturated rings. The van der Waals surface area contributed by atoms with E-state index in [2.05, 4.69) is 61.9 Å². The van der Waals surface area contributed by atoms with Gasteiger partial charge in [0.1, 0.15) is 7.28 Å². The lowest BCUT2D eigenvalue weighted by atomic mass is 9.66. The van der Waals surface area contributed by atoms with Gasteiger partial charge in [-0.3, -0.25) is 19.6 Å². The summed E-state index contributed by atoms with van der Waals surface area (Å²) in [5.74, 6) is 0.662. The first-order valence-electron chi connectivity index (χ1n) is 6.05. The summed E-state index contributed by atoms with van der Waals surface area (Å²) in [6, 6.07) is 0. The van der Waals surface area contributed by atoms with Crippen LogP contribution >= 0.6 is 0 Å². The first-order valence-corrected chi connectivity index (χ1v) is 6.05. The molecule has 1 rings (SSSR count). The fourth-order valence-corrected chi connectivity index (χ4v) is 2.51. The minimum Gasteiger partial charge on any atom is -0.294 e. The molecule has 0 unspecified atom stereocenters. The average molecular weight is 225 g/mol. The van der Waals surface area contributed by atoms with Crippen molar-refractivity contribution in [2.24, 2.45) is 0 Å². The lowest BCUT2D eigenvalue weighted by molar-refractivity contribution is 0.0684. The van der Waals surface area contributed by atoms with E-state index in [9.17, 15) is 0 Å². The summed E-state index contributed by atoms with van der Waals surface area (Å²) in [4.78, 5) is 9.51. The molecule has 4 nitrogen and oxygen atoms in total. The van der Waals surface area contributed by atoms with Crippen molar-refractivity contribution in [1.29, 1.82) is 0 Å². The zero-order chi connectivity index (χ0) is 12.1. The highest BCUT2D eigenvalue weighted by atomic mass is 15.4.